The lowest BCUT2D eigenvalue weighted by Crippen LogP contribution is -2.13. The van der Waals surface area contributed by atoms with E-state index in [0.717, 1.165) is 11.1 Å². The maximum atomic E-state index is 13.2. The van der Waals surface area contributed by atoms with Crippen molar-refractivity contribution in [3.63, 3.8) is 0 Å². The van der Waals surface area contributed by atoms with Crippen LogP contribution in [-0.2, 0) is 9.73 Å². The zero-order valence-electron chi connectivity index (χ0n) is 15.9. The number of hydrogen-bond acceptors (Lipinski definition) is 5. The molecule has 4 aromatic rings. The second-order valence-corrected chi connectivity index (χ2v) is 9.01. The van der Waals surface area contributed by atoms with Crippen molar-refractivity contribution in [2.75, 3.05) is 17.3 Å². The van der Waals surface area contributed by atoms with E-state index in [4.69, 9.17) is 14.9 Å². The van der Waals surface area contributed by atoms with E-state index in [2.05, 4.69) is 5.32 Å². The normalized spacial score (nSPS) is 13.1. The molecule has 6 nitrogen and oxygen atoms in total. The summed E-state index contributed by atoms with van der Waals surface area (Å²) < 4.78 is 38.1. The van der Waals surface area contributed by atoms with E-state index in [1.54, 1.807) is 48.5 Å². The first kappa shape index (κ1) is 19.7. The average molecular weight is 423 g/mol. The van der Waals surface area contributed by atoms with Crippen LogP contribution < -0.4 is 11.1 Å². The smallest absolute Gasteiger partial charge is 0.255 e. The van der Waals surface area contributed by atoms with Gasteiger partial charge >= 0.3 is 0 Å². The predicted molar refractivity (Wildman–Crippen MR) is 115 cm³/mol. The van der Waals surface area contributed by atoms with Gasteiger partial charge in [0.05, 0.1) is 11.4 Å². The lowest BCUT2D eigenvalue weighted by Gasteiger charge is -2.11. The van der Waals surface area contributed by atoms with Gasteiger partial charge < -0.3 is 15.5 Å². The fourth-order valence-corrected chi connectivity index (χ4v) is 3.63. The molecule has 0 radical (unpaired) electrons. The number of nitrogen functional groups attached to an aromatic ring is 1. The van der Waals surface area contributed by atoms with Crippen LogP contribution in [0.1, 0.15) is 10.4 Å². The molecule has 0 saturated heterocycles. The molecule has 1 atom stereocenters. The minimum atomic E-state index is -2.99. The van der Waals surface area contributed by atoms with Crippen LogP contribution in [0.5, 0.6) is 0 Å². The molecule has 0 bridgehead atoms. The van der Waals surface area contributed by atoms with Crippen LogP contribution >= 0.6 is 0 Å². The van der Waals surface area contributed by atoms with E-state index >= 15 is 0 Å². The molecule has 1 unspecified atom stereocenters. The molecule has 4 rings (SSSR count). The van der Waals surface area contributed by atoms with Crippen LogP contribution in [0, 0.1) is 10.6 Å². The van der Waals surface area contributed by atoms with Gasteiger partial charge in [-0.25, -0.2) is 13.4 Å². The Bertz CT molecular complexity index is 1380. The Balaban J connectivity index is 1.63. The molecular formula is C22H18FN3O3S. The van der Waals surface area contributed by atoms with Gasteiger partial charge in [-0.1, -0.05) is 18.2 Å². The van der Waals surface area contributed by atoms with Gasteiger partial charge in [-0.05, 0) is 53.6 Å². The van der Waals surface area contributed by atoms with Gasteiger partial charge in [-0.15, -0.1) is 0 Å². The summed E-state index contributed by atoms with van der Waals surface area (Å²) in [5, 5.41) is 3.43. The van der Waals surface area contributed by atoms with Crippen molar-refractivity contribution in [3.05, 3.63) is 78.1 Å². The number of fused-ring (bicyclic) bond motifs is 1. The van der Waals surface area contributed by atoms with Crippen LogP contribution in [0.4, 0.5) is 15.8 Å². The highest BCUT2D eigenvalue weighted by Crippen LogP contribution is 2.29. The molecule has 0 saturated carbocycles. The highest BCUT2D eigenvalue weighted by molar-refractivity contribution is 7.91. The number of nitrogens with one attached hydrogen (secondary N) is 2. The number of carbonyl (C=O) groups excluding carboxylic acids is 1. The Morgan fingerprint density at radius 2 is 1.73 bits per heavy atom. The van der Waals surface area contributed by atoms with Gasteiger partial charge in [0.25, 0.3) is 5.91 Å². The summed E-state index contributed by atoms with van der Waals surface area (Å²) >= 11 is 0. The van der Waals surface area contributed by atoms with E-state index in [-0.39, 0.29) is 16.8 Å². The van der Waals surface area contributed by atoms with E-state index in [0.29, 0.717) is 27.9 Å². The molecule has 4 N–H and O–H groups in total. The first-order valence-electron chi connectivity index (χ1n) is 8.95. The van der Waals surface area contributed by atoms with Gasteiger partial charge in [0.1, 0.15) is 21.1 Å². The molecular weight excluding hydrogens is 405 g/mol. The van der Waals surface area contributed by atoms with Gasteiger partial charge in [0, 0.05) is 23.3 Å². The van der Waals surface area contributed by atoms with Crippen LogP contribution in [0.15, 0.2) is 76.2 Å². The minimum Gasteiger partial charge on any atom is -0.446 e. The minimum absolute atomic E-state index is 0.0614. The second kappa shape index (κ2) is 7.31. The first-order chi connectivity index (χ1) is 14.2. The SMILES string of the molecule is CS(=N)(=O)c1cc2cc(C(=O)Nc3cc(-c4ccc(F)cc4)ccc3N)ccc2o1. The molecule has 0 spiro atoms. The summed E-state index contributed by atoms with van der Waals surface area (Å²) in [6, 6.07) is 17.5. The molecule has 0 aliphatic heterocycles. The Hall–Kier alpha value is -3.65. The maximum absolute atomic E-state index is 13.2. The zero-order chi connectivity index (χ0) is 21.5. The Morgan fingerprint density at radius 3 is 2.43 bits per heavy atom. The average Bonchev–Trinajstić information content (AvgIpc) is 3.14. The molecule has 1 aromatic heterocycles. The number of hydrogen-bond donors (Lipinski definition) is 3. The lowest BCUT2D eigenvalue weighted by molar-refractivity contribution is 0.102. The third kappa shape index (κ3) is 3.90. The number of rotatable bonds is 4. The predicted octanol–water partition coefficient (Wildman–Crippen LogP) is 5.11. The molecule has 8 heteroatoms. The molecule has 30 heavy (non-hydrogen) atoms. The standard InChI is InChI=1S/C22H18FN3O3S/c1-30(25,28)21-12-16-10-15(5-9-20(16)29-21)22(27)26-19-11-14(4-8-18(19)24)13-2-6-17(23)7-3-13/h2-12,25H,24H2,1H3,(H,26,27). The van der Waals surface area contributed by atoms with Crippen molar-refractivity contribution in [2.24, 2.45) is 0 Å². The summed E-state index contributed by atoms with van der Waals surface area (Å²) in [6.45, 7) is 0. The fraction of sp³-hybridized carbons (Fsp3) is 0.0455. The molecule has 1 amide bonds. The molecule has 3 aromatic carbocycles. The quantitative estimate of drug-likeness (QED) is 0.396. The van der Waals surface area contributed by atoms with Crippen molar-refractivity contribution >= 4 is 38.0 Å². The highest BCUT2D eigenvalue weighted by Gasteiger charge is 2.14. The molecule has 0 fully saturated rings. The third-order valence-electron chi connectivity index (χ3n) is 4.62. The Kier molecular flexibility index (Phi) is 4.79. The first-order valence-corrected chi connectivity index (χ1v) is 10.9. The van der Waals surface area contributed by atoms with Gasteiger partial charge in [0.15, 0.2) is 5.09 Å². The summed E-state index contributed by atoms with van der Waals surface area (Å²) in [4.78, 5) is 12.8. The molecule has 152 valence electrons. The van der Waals surface area contributed by atoms with Crippen molar-refractivity contribution in [3.8, 4) is 11.1 Å². The van der Waals surface area contributed by atoms with E-state index in [1.807, 2.05) is 0 Å². The van der Waals surface area contributed by atoms with E-state index in [9.17, 15) is 13.4 Å². The summed E-state index contributed by atoms with van der Waals surface area (Å²) in [6.07, 6.45) is 1.27. The number of halogens is 1. The number of anilines is 2. The van der Waals surface area contributed by atoms with Gasteiger partial charge in [0.2, 0.25) is 0 Å². The largest absolute Gasteiger partial charge is 0.446 e. The third-order valence-corrected chi connectivity index (χ3v) is 5.59. The fourth-order valence-electron chi connectivity index (χ4n) is 3.03. The number of furan rings is 1. The van der Waals surface area contributed by atoms with Crippen LogP contribution in [-0.4, -0.2) is 16.4 Å². The van der Waals surface area contributed by atoms with Crippen LogP contribution in [0.25, 0.3) is 22.1 Å². The zero-order valence-corrected chi connectivity index (χ0v) is 16.8. The number of amides is 1. The molecule has 1 heterocycles. The van der Waals surface area contributed by atoms with Crippen molar-refractivity contribution in [2.45, 2.75) is 5.09 Å². The van der Waals surface area contributed by atoms with Crippen molar-refractivity contribution < 1.29 is 17.8 Å². The molecule has 0 aliphatic carbocycles. The number of benzene rings is 3. The van der Waals surface area contributed by atoms with Crippen molar-refractivity contribution in [1.29, 1.82) is 4.78 Å². The van der Waals surface area contributed by atoms with Crippen LogP contribution in [0.3, 0.4) is 0 Å². The maximum Gasteiger partial charge on any atom is 0.255 e. The van der Waals surface area contributed by atoms with Crippen LogP contribution in [0.2, 0.25) is 0 Å². The van der Waals surface area contributed by atoms with E-state index in [1.165, 1.54) is 24.5 Å². The summed E-state index contributed by atoms with van der Waals surface area (Å²) in [7, 11) is -2.99. The highest BCUT2D eigenvalue weighted by atomic mass is 32.2. The summed E-state index contributed by atoms with van der Waals surface area (Å²) in [5.41, 5.74) is 9.21. The number of carbonyl (C=O) groups is 1. The van der Waals surface area contributed by atoms with Gasteiger partial charge in [-0.3, -0.25) is 4.79 Å². The monoisotopic (exact) mass is 423 g/mol. The topological polar surface area (TPSA) is 109 Å². The number of nitrogens with two attached hydrogens (primary N) is 1. The second-order valence-electron chi connectivity index (χ2n) is 6.92. The Morgan fingerprint density at radius 1 is 1.03 bits per heavy atom. The van der Waals surface area contributed by atoms with E-state index < -0.39 is 9.73 Å². The van der Waals surface area contributed by atoms with Crippen molar-refractivity contribution in [1.82, 2.24) is 0 Å². The lowest BCUT2D eigenvalue weighted by atomic mass is 10.0. The molecule has 0 aliphatic rings. The van der Waals surface area contributed by atoms with Gasteiger partial charge in [-0.2, -0.15) is 0 Å². The summed E-state index contributed by atoms with van der Waals surface area (Å²) in [5.74, 6) is -0.712. The Labute approximate surface area is 172 Å².